The Hall–Kier alpha value is -0.540. The highest BCUT2D eigenvalue weighted by atomic mass is 79.9. The molecule has 0 amide bonds. The van der Waals surface area contributed by atoms with E-state index in [0.29, 0.717) is 11.2 Å². The first-order valence-corrected chi connectivity index (χ1v) is 9.16. The first-order valence-electron chi connectivity index (χ1n) is 9.16. The lowest BCUT2D eigenvalue weighted by Gasteiger charge is -2.59. The maximum Gasteiger partial charge on any atom is 0.115 e. The third-order valence-corrected chi connectivity index (χ3v) is 6.53. The number of hydrogen-bond acceptors (Lipinski definition) is 2. The lowest BCUT2D eigenvalue weighted by atomic mass is 9.52. The van der Waals surface area contributed by atoms with Crippen LogP contribution in [0.25, 0.3) is 0 Å². The number of likely N-dealkylation sites (tertiary alicyclic amines) is 1. The standard InChI is InChI=1S/C20H29NO.BrH/c1-14(2)13-21-10-9-20-8-4-3-5-17(20)19(21)11-15-6-7-16(22)12-18(15)20;/h6-7,12,14,17,19,22H,3-5,8-11,13H2,1-2H3;1H/t17-,19-,20+;/m0./s1. The Kier molecular flexibility index (Phi) is 4.81. The van der Waals surface area contributed by atoms with Crippen molar-refractivity contribution < 1.29 is 5.11 Å². The molecule has 2 nitrogen and oxygen atoms in total. The van der Waals surface area contributed by atoms with Gasteiger partial charge in [0.2, 0.25) is 0 Å². The highest BCUT2D eigenvalue weighted by Gasteiger charge is 2.53. The molecule has 0 radical (unpaired) electrons. The Morgan fingerprint density at radius 2 is 2.09 bits per heavy atom. The van der Waals surface area contributed by atoms with Gasteiger partial charge in [-0.15, -0.1) is 17.0 Å². The van der Waals surface area contributed by atoms with Gasteiger partial charge in [0.15, 0.2) is 0 Å². The van der Waals surface area contributed by atoms with Crippen LogP contribution in [0.4, 0.5) is 0 Å². The first kappa shape index (κ1) is 17.3. The van der Waals surface area contributed by atoms with Gasteiger partial charge in [-0.05, 0) is 67.3 Å². The zero-order valence-corrected chi connectivity index (χ0v) is 16.1. The quantitative estimate of drug-likeness (QED) is 0.805. The van der Waals surface area contributed by atoms with Crippen molar-refractivity contribution in [1.29, 1.82) is 0 Å². The van der Waals surface area contributed by atoms with Crippen LogP contribution in [-0.2, 0) is 11.8 Å². The lowest BCUT2D eigenvalue weighted by molar-refractivity contribution is -0.0164. The van der Waals surface area contributed by atoms with Gasteiger partial charge in [0.05, 0.1) is 0 Å². The van der Waals surface area contributed by atoms with E-state index in [1.165, 1.54) is 62.7 Å². The second-order valence-corrected chi connectivity index (χ2v) is 8.26. The lowest BCUT2D eigenvalue weighted by Crippen LogP contribution is -2.61. The molecular formula is C20H30BrNO. The average molecular weight is 380 g/mol. The van der Waals surface area contributed by atoms with Crippen LogP contribution in [0.15, 0.2) is 18.2 Å². The van der Waals surface area contributed by atoms with Crippen LogP contribution in [-0.4, -0.2) is 29.1 Å². The largest absolute Gasteiger partial charge is 0.508 e. The van der Waals surface area contributed by atoms with Crippen molar-refractivity contribution in [3.05, 3.63) is 29.3 Å². The molecule has 1 aromatic rings. The highest BCUT2D eigenvalue weighted by molar-refractivity contribution is 8.93. The third kappa shape index (κ3) is 2.74. The van der Waals surface area contributed by atoms with Crippen LogP contribution in [0.3, 0.4) is 0 Å². The minimum atomic E-state index is 0. The summed E-state index contributed by atoms with van der Waals surface area (Å²) in [6.07, 6.45) is 7.95. The molecule has 1 aromatic carbocycles. The molecule has 3 aliphatic rings. The Bertz CT molecular complexity index is 573. The van der Waals surface area contributed by atoms with Gasteiger partial charge in [0, 0.05) is 18.0 Å². The number of hydrogen-bond donors (Lipinski definition) is 1. The molecule has 2 fully saturated rings. The zero-order valence-electron chi connectivity index (χ0n) is 14.4. The first-order chi connectivity index (χ1) is 10.6. The van der Waals surface area contributed by atoms with Crippen molar-refractivity contribution in [2.45, 2.75) is 63.8 Å². The van der Waals surface area contributed by atoms with Gasteiger partial charge >= 0.3 is 0 Å². The van der Waals surface area contributed by atoms with Crippen LogP contribution in [0, 0.1) is 11.8 Å². The molecule has 0 spiro atoms. The van der Waals surface area contributed by atoms with Gasteiger partial charge in [-0.2, -0.15) is 0 Å². The van der Waals surface area contributed by atoms with Crippen molar-refractivity contribution in [1.82, 2.24) is 4.90 Å². The molecular weight excluding hydrogens is 350 g/mol. The molecule has 23 heavy (non-hydrogen) atoms. The number of rotatable bonds is 2. The Balaban J connectivity index is 0.00000156. The van der Waals surface area contributed by atoms with Gasteiger partial charge in [0.1, 0.15) is 5.75 Å². The van der Waals surface area contributed by atoms with Crippen molar-refractivity contribution >= 4 is 17.0 Å². The van der Waals surface area contributed by atoms with E-state index in [1.807, 2.05) is 6.07 Å². The van der Waals surface area contributed by atoms with Crippen LogP contribution in [0.5, 0.6) is 5.75 Å². The Morgan fingerprint density at radius 3 is 2.87 bits per heavy atom. The molecule has 4 rings (SSSR count). The summed E-state index contributed by atoms with van der Waals surface area (Å²) in [7, 11) is 0. The van der Waals surface area contributed by atoms with E-state index in [9.17, 15) is 5.11 Å². The summed E-state index contributed by atoms with van der Waals surface area (Å²) in [5, 5.41) is 10.0. The minimum Gasteiger partial charge on any atom is -0.508 e. The van der Waals surface area contributed by atoms with Gasteiger partial charge in [-0.1, -0.05) is 32.8 Å². The number of phenolic OH excluding ortho intramolecular Hbond substituents is 1. The molecule has 1 aliphatic heterocycles. The topological polar surface area (TPSA) is 23.5 Å². The van der Waals surface area contributed by atoms with E-state index < -0.39 is 0 Å². The molecule has 3 heteroatoms. The van der Waals surface area contributed by atoms with Crippen LogP contribution in [0.1, 0.15) is 57.1 Å². The van der Waals surface area contributed by atoms with E-state index >= 15 is 0 Å². The summed E-state index contributed by atoms with van der Waals surface area (Å²) in [5.41, 5.74) is 3.37. The zero-order chi connectivity index (χ0) is 15.3. The maximum atomic E-state index is 10.0. The molecule has 2 bridgehead atoms. The molecule has 1 saturated carbocycles. The van der Waals surface area contributed by atoms with Gasteiger partial charge < -0.3 is 5.11 Å². The summed E-state index contributed by atoms with van der Waals surface area (Å²) < 4.78 is 0. The predicted octanol–water partition coefficient (Wildman–Crippen LogP) is 4.68. The fourth-order valence-electron chi connectivity index (χ4n) is 5.77. The Labute approximate surface area is 151 Å². The van der Waals surface area contributed by atoms with Gasteiger partial charge in [-0.3, -0.25) is 4.90 Å². The third-order valence-electron chi connectivity index (χ3n) is 6.53. The maximum absolute atomic E-state index is 10.0. The van der Waals surface area contributed by atoms with E-state index in [0.717, 1.165) is 17.9 Å². The summed E-state index contributed by atoms with van der Waals surface area (Å²) in [4.78, 5) is 2.79. The summed E-state index contributed by atoms with van der Waals surface area (Å²) >= 11 is 0. The molecule has 0 aromatic heterocycles. The number of fused-ring (bicyclic) bond motifs is 1. The van der Waals surface area contributed by atoms with E-state index in [-0.39, 0.29) is 17.0 Å². The fourth-order valence-corrected chi connectivity index (χ4v) is 5.77. The number of piperidine rings is 1. The van der Waals surface area contributed by atoms with Crippen molar-refractivity contribution in [3.63, 3.8) is 0 Å². The normalized spacial score (nSPS) is 32.8. The van der Waals surface area contributed by atoms with Crippen molar-refractivity contribution in [3.8, 4) is 5.75 Å². The van der Waals surface area contributed by atoms with E-state index in [2.05, 4.69) is 30.9 Å². The number of aromatic hydroxyl groups is 1. The minimum absolute atomic E-state index is 0. The summed E-state index contributed by atoms with van der Waals surface area (Å²) in [5.74, 6) is 2.01. The molecule has 0 unspecified atom stereocenters. The molecule has 3 atom stereocenters. The highest BCUT2D eigenvalue weighted by Crippen LogP contribution is 2.56. The van der Waals surface area contributed by atoms with Gasteiger partial charge in [-0.25, -0.2) is 0 Å². The van der Waals surface area contributed by atoms with Crippen LogP contribution < -0.4 is 0 Å². The monoisotopic (exact) mass is 379 g/mol. The predicted molar refractivity (Wildman–Crippen MR) is 101 cm³/mol. The SMILES string of the molecule is Br.CC(C)CN1CC[C@]23CCCC[C@H]2[C@@H]1Cc1ccc(O)cc13. The van der Waals surface area contributed by atoms with Crippen molar-refractivity contribution in [2.24, 2.45) is 11.8 Å². The van der Waals surface area contributed by atoms with Crippen molar-refractivity contribution in [2.75, 3.05) is 13.1 Å². The second kappa shape index (κ2) is 6.40. The van der Waals surface area contributed by atoms with E-state index in [1.54, 1.807) is 0 Å². The molecule has 1 heterocycles. The molecule has 1 saturated heterocycles. The fraction of sp³-hybridized carbons (Fsp3) is 0.700. The number of nitrogens with zero attached hydrogens (tertiary/aromatic N) is 1. The summed E-state index contributed by atoms with van der Waals surface area (Å²) in [6.45, 7) is 7.17. The average Bonchev–Trinajstić information content (AvgIpc) is 2.50. The number of halogens is 1. The smallest absolute Gasteiger partial charge is 0.115 e. The molecule has 1 N–H and O–H groups in total. The van der Waals surface area contributed by atoms with Gasteiger partial charge in [0.25, 0.3) is 0 Å². The molecule has 2 aliphatic carbocycles. The Morgan fingerprint density at radius 1 is 1.26 bits per heavy atom. The van der Waals surface area contributed by atoms with Crippen LogP contribution in [0.2, 0.25) is 0 Å². The molecule has 128 valence electrons. The number of benzene rings is 1. The summed E-state index contributed by atoms with van der Waals surface area (Å²) in [6, 6.07) is 6.92. The van der Waals surface area contributed by atoms with Crippen LogP contribution >= 0.6 is 17.0 Å². The second-order valence-electron chi connectivity index (χ2n) is 8.26. The van der Waals surface area contributed by atoms with E-state index in [4.69, 9.17) is 0 Å². The number of phenols is 1.